The molecule has 2 N–H and O–H groups in total. The third-order valence-corrected chi connectivity index (χ3v) is 6.08. The molecule has 1 fully saturated rings. The minimum absolute atomic E-state index is 0.0275. The number of alkyl carbamates (subject to hydrolysis) is 1. The predicted molar refractivity (Wildman–Crippen MR) is 110 cm³/mol. The third-order valence-electron chi connectivity index (χ3n) is 6.08. The van der Waals surface area contributed by atoms with E-state index in [4.69, 9.17) is 4.74 Å². The summed E-state index contributed by atoms with van der Waals surface area (Å²) in [4.78, 5) is 12.3. The normalized spacial score (nSPS) is 20.7. The van der Waals surface area contributed by atoms with Gasteiger partial charge in [-0.2, -0.15) is 0 Å². The van der Waals surface area contributed by atoms with Crippen molar-refractivity contribution in [3.8, 4) is 11.1 Å². The molecule has 4 rings (SSSR count). The van der Waals surface area contributed by atoms with E-state index in [0.29, 0.717) is 12.0 Å². The highest BCUT2D eigenvalue weighted by molar-refractivity contribution is 5.79. The molecule has 2 aliphatic rings. The lowest BCUT2D eigenvalue weighted by Gasteiger charge is -2.18. The number of fused-ring (bicyclic) bond motifs is 3. The molecule has 0 saturated heterocycles. The Balaban J connectivity index is 1.42. The smallest absolute Gasteiger partial charge is 0.407 e. The molecular formula is C24H26FNO3. The van der Waals surface area contributed by atoms with Crippen molar-refractivity contribution in [2.24, 2.45) is 5.92 Å². The van der Waals surface area contributed by atoms with E-state index >= 15 is 0 Å². The van der Waals surface area contributed by atoms with Gasteiger partial charge in [-0.05, 0) is 54.0 Å². The number of nitrogens with one attached hydrogen (secondary N) is 1. The standard InChI is InChI=1S/C24H26FNO3/c1-15(23(25)17-12-6-7-16(17)13-27)26-24(28)29-14-22-20-10-4-2-8-18(20)19-9-3-5-11-21(19)22/h2-5,8-11,15-16,22,27H,6-7,12-14H2,1H3,(H,26,28)/b23-17-/t15-,16-/m0/s1. The summed E-state index contributed by atoms with van der Waals surface area (Å²) in [5, 5.41) is 12.0. The number of aliphatic hydroxyl groups is 1. The second-order valence-corrected chi connectivity index (χ2v) is 7.84. The van der Waals surface area contributed by atoms with Crippen LogP contribution in [0.2, 0.25) is 0 Å². The quantitative estimate of drug-likeness (QED) is 0.755. The van der Waals surface area contributed by atoms with E-state index in [0.717, 1.165) is 35.1 Å². The number of aliphatic hydroxyl groups excluding tert-OH is 1. The van der Waals surface area contributed by atoms with E-state index in [1.165, 1.54) is 0 Å². The van der Waals surface area contributed by atoms with Crippen LogP contribution in [0.1, 0.15) is 43.2 Å². The Labute approximate surface area is 170 Å². The Morgan fingerprint density at radius 3 is 2.41 bits per heavy atom. The second kappa shape index (κ2) is 8.37. The lowest BCUT2D eigenvalue weighted by atomic mass is 9.98. The molecule has 0 bridgehead atoms. The summed E-state index contributed by atoms with van der Waals surface area (Å²) in [5.41, 5.74) is 5.23. The van der Waals surface area contributed by atoms with Crippen LogP contribution in [0.3, 0.4) is 0 Å². The molecule has 0 aromatic heterocycles. The maximum absolute atomic E-state index is 14.7. The van der Waals surface area contributed by atoms with E-state index in [9.17, 15) is 14.3 Å². The van der Waals surface area contributed by atoms with Crippen molar-refractivity contribution >= 4 is 6.09 Å². The van der Waals surface area contributed by atoms with Gasteiger partial charge in [0.15, 0.2) is 0 Å². The Bertz CT molecular complexity index is 894. The monoisotopic (exact) mass is 395 g/mol. The summed E-state index contributed by atoms with van der Waals surface area (Å²) < 4.78 is 20.2. The molecule has 1 amide bonds. The molecule has 0 unspecified atom stereocenters. The van der Waals surface area contributed by atoms with Crippen LogP contribution in [-0.2, 0) is 4.74 Å². The lowest BCUT2D eigenvalue weighted by Crippen LogP contribution is -2.35. The number of carbonyl (C=O) groups is 1. The number of carbonyl (C=O) groups excluding carboxylic acids is 1. The topological polar surface area (TPSA) is 58.6 Å². The average molecular weight is 395 g/mol. The van der Waals surface area contributed by atoms with Gasteiger partial charge in [0, 0.05) is 18.4 Å². The van der Waals surface area contributed by atoms with E-state index in [1.807, 2.05) is 24.3 Å². The molecule has 0 aliphatic heterocycles. The molecular weight excluding hydrogens is 369 g/mol. The van der Waals surface area contributed by atoms with Gasteiger partial charge < -0.3 is 15.2 Å². The van der Waals surface area contributed by atoms with Crippen LogP contribution < -0.4 is 5.32 Å². The number of ether oxygens (including phenoxy) is 1. The van der Waals surface area contributed by atoms with Gasteiger partial charge in [-0.1, -0.05) is 48.5 Å². The highest BCUT2D eigenvalue weighted by Gasteiger charge is 2.30. The van der Waals surface area contributed by atoms with Crippen LogP contribution in [-0.4, -0.2) is 30.5 Å². The fourth-order valence-corrected chi connectivity index (χ4v) is 4.59. The fourth-order valence-electron chi connectivity index (χ4n) is 4.59. The average Bonchev–Trinajstić information content (AvgIpc) is 3.34. The molecule has 2 aromatic carbocycles. The molecule has 0 heterocycles. The third kappa shape index (κ3) is 3.79. The van der Waals surface area contributed by atoms with Crippen LogP contribution in [0, 0.1) is 5.92 Å². The first-order valence-corrected chi connectivity index (χ1v) is 10.2. The molecule has 29 heavy (non-hydrogen) atoms. The van der Waals surface area contributed by atoms with E-state index < -0.39 is 12.1 Å². The van der Waals surface area contributed by atoms with Crippen LogP contribution in [0.5, 0.6) is 0 Å². The maximum Gasteiger partial charge on any atom is 0.407 e. The van der Waals surface area contributed by atoms with Gasteiger partial charge in [0.1, 0.15) is 12.4 Å². The van der Waals surface area contributed by atoms with Gasteiger partial charge in [0.05, 0.1) is 6.04 Å². The second-order valence-electron chi connectivity index (χ2n) is 7.84. The van der Waals surface area contributed by atoms with Crippen LogP contribution in [0.4, 0.5) is 9.18 Å². The van der Waals surface area contributed by atoms with Crippen molar-refractivity contribution in [2.45, 2.75) is 38.1 Å². The molecule has 2 aromatic rings. The van der Waals surface area contributed by atoms with Gasteiger partial charge >= 0.3 is 6.09 Å². The van der Waals surface area contributed by atoms with Crippen LogP contribution in [0.15, 0.2) is 59.9 Å². The summed E-state index contributed by atoms with van der Waals surface area (Å²) in [5.74, 6) is -0.517. The summed E-state index contributed by atoms with van der Waals surface area (Å²) in [6.07, 6.45) is 1.66. The molecule has 5 heteroatoms. The highest BCUT2D eigenvalue weighted by atomic mass is 19.1. The molecule has 0 radical (unpaired) electrons. The van der Waals surface area contributed by atoms with Crippen molar-refractivity contribution in [1.82, 2.24) is 5.32 Å². The molecule has 2 aliphatic carbocycles. The zero-order valence-corrected chi connectivity index (χ0v) is 16.5. The van der Waals surface area contributed by atoms with Crippen molar-refractivity contribution in [1.29, 1.82) is 0 Å². The van der Waals surface area contributed by atoms with Gasteiger partial charge in [0.2, 0.25) is 0 Å². The van der Waals surface area contributed by atoms with Crippen LogP contribution >= 0.6 is 0 Å². The van der Waals surface area contributed by atoms with Gasteiger partial charge in [-0.3, -0.25) is 0 Å². The Morgan fingerprint density at radius 2 is 1.79 bits per heavy atom. The lowest BCUT2D eigenvalue weighted by molar-refractivity contribution is 0.140. The molecule has 152 valence electrons. The number of hydrogen-bond acceptors (Lipinski definition) is 3. The highest BCUT2D eigenvalue weighted by Crippen LogP contribution is 2.44. The zero-order valence-electron chi connectivity index (χ0n) is 16.5. The first-order valence-electron chi connectivity index (χ1n) is 10.2. The summed E-state index contributed by atoms with van der Waals surface area (Å²) >= 11 is 0. The number of benzene rings is 2. The Morgan fingerprint density at radius 1 is 1.17 bits per heavy atom. The summed E-state index contributed by atoms with van der Waals surface area (Å²) in [6.45, 7) is 1.75. The maximum atomic E-state index is 14.7. The number of halogens is 1. The first kappa shape index (κ1) is 19.6. The van der Waals surface area contributed by atoms with Crippen molar-refractivity contribution in [2.75, 3.05) is 13.2 Å². The SMILES string of the molecule is C[C@H](NC(=O)OCC1c2ccccc2-c2ccccc21)/C(F)=C1\CCC[C@H]1CO. The van der Waals surface area contributed by atoms with Crippen molar-refractivity contribution in [3.63, 3.8) is 0 Å². The molecule has 4 nitrogen and oxygen atoms in total. The van der Waals surface area contributed by atoms with Gasteiger partial charge in [0.25, 0.3) is 0 Å². The predicted octanol–water partition coefficient (Wildman–Crippen LogP) is 4.93. The minimum Gasteiger partial charge on any atom is -0.449 e. The summed E-state index contributed by atoms with van der Waals surface area (Å²) in [7, 11) is 0. The minimum atomic E-state index is -0.771. The molecule has 2 atom stereocenters. The number of amides is 1. The molecule has 0 spiro atoms. The summed E-state index contributed by atoms with van der Waals surface area (Å²) in [6, 6.07) is 15.5. The van der Waals surface area contributed by atoms with E-state index in [2.05, 4.69) is 29.6 Å². The van der Waals surface area contributed by atoms with Crippen molar-refractivity contribution in [3.05, 3.63) is 71.1 Å². The zero-order chi connectivity index (χ0) is 20.4. The van der Waals surface area contributed by atoms with E-state index in [-0.39, 0.29) is 30.9 Å². The Hall–Kier alpha value is -2.66. The number of rotatable bonds is 5. The van der Waals surface area contributed by atoms with Crippen molar-refractivity contribution < 1.29 is 19.0 Å². The fraction of sp³-hybridized carbons (Fsp3) is 0.375. The molecule has 1 saturated carbocycles. The van der Waals surface area contributed by atoms with Gasteiger partial charge in [-0.15, -0.1) is 0 Å². The first-order chi connectivity index (χ1) is 14.1. The van der Waals surface area contributed by atoms with Gasteiger partial charge in [-0.25, -0.2) is 9.18 Å². The largest absolute Gasteiger partial charge is 0.449 e. The Kier molecular flexibility index (Phi) is 5.67. The van der Waals surface area contributed by atoms with E-state index in [1.54, 1.807) is 6.92 Å². The number of hydrogen-bond donors (Lipinski definition) is 2. The van der Waals surface area contributed by atoms with Crippen LogP contribution in [0.25, 0.3) is 11.1 Å².